The Morgan fingerprint density at radius 1 is 0.714 bits per heavy atom. The smallest absolute Gasteiger partial charge is 0.237 e. The zero-order valence-corrected chi connectivity index (χ0v) is 18.5. The van der Waals surface area contributed by atoms with Crippen molar-refractivity contribution in [3.05, 3.63) is 54.1 Å². The summed E-state index contributed by atoms with van der Waals surface area (Å²) in [6.45, 7) is 3.45. The lowest BCUT2D eigenvalue weighted by atomic mass is 10.0. The molecule has 0 atom stereocenters. The van der Waals surface area contributed by atoms with E-state index in [4.69, 9.17) is 0 Å². The van der Waals surface area contributed by atoms with Crippen molar-refractivity contribution < 1.29 is 4.57 Å². The first kappa shape index (κ1) is 22.7. The molecule has 2 heteroatoms. The van der Waals surface area contributed by atoms with Crippen molar-refractivity contribution in [3.63, 3.8) is 0 Å². The van der Waals surface area contributed by atoms with E-state index >= 15 is 0 Å². The van der Waals surface area contributed by atoms with Crippen LogP contribution in [0.2, 0.25) is 0 Å². The van der Waals surface area contributed by atoms with Crippen LogP contribution in [-0.4, -0.2) is 4.57 Å². The van der Waals surface area contributed by atoms with Gasteiger partial charge in [0.05, 0.1) is 20.0 Å². The second-order valence-electron chi connectivity index (χ2n) is 8.42. The van der Waals surface area contributed by atoms with Crippen molar-refractivity contribution in [3.8, 4) is 0 Å². The Kier molecular flexibility index (Phi) is 11.7. The molecule has 0 bridgehead atoms. The highest BCUT2D eigenvalue weighted by Crippen LogP contribution is 2.13. The first-order valence-corrected chi connectivity index (χ1v) is 11.9. The number of hydrogen-bond acceptors (Lipinski definition) is 0. The van der Waals surface area contributed by atoms with E-state index in [1.165, 1.54) is 94.9 Å². The van der Waals surface area contributed by atoms with Crippen LogP contribution in [0.3, 0.4) is 0 Å². The van der Waals surface area contributed by atoms with Gasteiger partial charge in [-0.1, -0.05) is 108 Å². The Balaban J connectivity index is 1.51. The lowest BCUT2D eigenvalue weighted by Gasteiger charge is -2.05. The lowest BCUT2D eigenvalue weighted by molar-refractivity contribution is -0.678. The van der Waals surface area contributed by atoms with Crippen LogP contribution in [0.4, 0.5) is 0 Å². The number of aryl methyl sites for hydroxylation is 2. The molecule has 0 spiro atoms. The highest BCUT2D eigenvalue weighted by atomic mass is 15.1. The molecule has 2 aromatic rings. The third-order valence-corrected chi connectivity index (χ3v) is 5.92. The number of rotatable bonds is 16. The third-order valence-electron chi connectivity index (χ3n) is 5.92. The highest BCUT2D eigenvalue weighted by Gasteiger charge is 2.14. The van der Waals surface area contributed by atoms with Gasteiger partial charge >= 0.3 is 0 Å². The van der Waals surface area contributed by atoms with Gasteiger partial charge in [0.25, 0.3) is 5.82 Å². The summed E-state index contributed by atoms with van der Waals surface area (Å²) in [6.07, 6.45) is 23.9. The molecule has 0 fully saturated rings. The molecule has 0 aliphatic carbocycles. The van der Waals surface area contributed by atoms with Crippen molar-refractivity contribution in [2.75, 3.05) is 0 Å². The second kappa shape index (κ2) is 14.4. The number of unbranched alkanes of at least 4 members (excludes halogenated alkanes) is 12. The molecule has 28 heavy (non-hydrogen) atoms. The largest absolute Gasteiger partial charge is 0.260 e. The van der Waals surface area contributed by atoms with Crippen molar-refractivity contribution in [1.82, 2.24) is 4.57 Å². The molecule has 0 aliphatic rings. The van der Waals surface area contributed by atoms with Gasteiger partial charge < -0.3 is 0 Å². The molecule has 0 saturated carbocycles. The molecule has 1 heterocycles. The Bertz CT molecular complexity index is 615. The molecule has 0 saturated heterocycles. The number of nitrogens with zero attached hydrogens (tertiary/aromatic N) is 2. The van der Waals surface area contributed by atoms with E-state index in [0.29, 0.717) is 0 Å². The molecular weight excluding hydrogens is 340 g/mol. The van der Waals surface area contributed by atoms with E-state index in [2.05, 4.69) is 65.8 Å². The third kappa shape index (κ3) is 9.08. The average molecular weight is 384 g/mol. The molecule has 0 aliphatic heterocycles. The van der Waals surface area contributed by atoms with Crippen LogP contribution in [0.15, 0.2) is 42.7 Å². The van der Waals surface area contributed by atoms with E-state index in [-0.39, 0.29) is 0 Å². The predicted octanol–water partition coefficient (Wildman–Crippen LogP) is 6.99. The zero-order chi connectivity index (χ0) is 19.9. The quantitative estimate of drug-likeness (QED) is 0.218. The second-order valence-corrected chi connectivity index (χ2v) is 8.42. The van der Waals surface area contributed by atoms with Crippen LogP contribution in [-0.2, 0) is 20.0 Å². The summed E-state index contributed by atoms with van der Waals surface area (Å²) < 4.78 is 4.72. The highest BCUT2D eigenvalue weighted by molar-refractivity contribution is 5.18. The van der Waals surface area contributed by atoms with Crippen LogP contribution >= 0.6 is 0 Å². The van der Waals surface area contributed by atoms with Gasteiger partial charge in [-0.2, -0.15) is 0 Å². The fraction of sp³-hybridized carbons (Fsp3) is 0.654. The van der Waals surface area contributed by atoms with Gasteiger partial charge in [0.15, 0.2) is 0 Å². The number of benzene rings is 1. The molecule has 0 amide bonds. The Labute approximate surface area is 174 Å². The van der Waals surface area contributed by atoms with E-state index in [1.54, 1.807) is 0 Å². The molecule has 0 N–H and O–H groups in total. The zero-order valence-electron chi connectivity index (χ0n) is 18.5. The predicted molar refractivity (Wildman–Crippen MR) is 121 cm³/mol. The first-order chi connectivity index (χ1) is 13.8. The number of imidazole rings is 1. The Morgan fingerprint density at radius 2 is 1.25 bits per heavy atom. The van der Waals surface area contributed by atoms with Crippen molar-refractivity contribution in [2.24, 2.45) is 7.05 Å². The van der Waals surface area contributed by atoms with Gasteiger partial charge in [-0.3, -0.25) is 0 Å². The van der Waals surface area contributed by atoms with Crippen LogP contribution < -0.4 is 4.57 Å². The summed E-state index contributed by atoms with van der Waals surface area (Å²) >= 11 is 0. The van der Waals surface area contributed by atoms with Crippen LogP contribution in [0.5, 0.6) is 0 Å². The summed E-state index contributed by atoms with van der Waals surface area (Å²) in [5, 5.41) is 0. The summed E-state index contributed by atoms with van der Waals surface area (Å²) in [7, 11) is 2.17. The van der Waals surface area contributed by atoms with Gasteiger partial charge in [-0.15, -0.1) is 0 Å². The van der Waals surface area contributed by atoms with Gasteiger partial charge in [-0.05, 0) is 18.4 Å². The molecule has 2 rings (SSSR count). The SMILES string of the molecule is CCCCCCCCCCCCCCCn1cc[n+](C)c1Cc1ccccc1. The Morgan fingerprint density at radius 3 is 1.82 bits per heavy atom. The first-order valence-electron chi connectivity index (χ1n) is 11.9. The normalized spacial score (nSPS) is 11.2. The maximum atomic E-state index is 2.45. The fourth-order valence-corrected chi connectivity index (χ4v) is 4.06. The lowest BCUT2D eigenvalue weighted by Crippen LogP contribution is -2.32. The monoisotopic (exact) mass is 383 g/mol. The standard InChI is InChI=1S/C26H43N2/c1-3-4-5-6-7-8-9-10-11-12-13-14-18-21-28-23-22-27(2)26(28)24-25-19-16-15-17-20-25/h15-17,19-20,22-23H,3-14,18,21,24H2,1-2H3/q+1. The minimum atomic E-state index is 1.02. The Hall–Kier alpha value is -1.57. The number of hydrogen-bond donors (Lipinski definition) is 0. The molecule has 0 unspecified atom stereocenters. The van der Waals surface area contributed by atoms with Crippen molar-refractivity contribution in [1.29, 1.82) is 0 Å². The fourth-order valence-electron chi connectivity index (χ4n) is 4.06. The van der Waals surface area contributed by atoms with Gasteiger partial charge in [0.1, 0.15) is 12.4 Å². The van der Waals surface area contributed by atoms with E-state index in [0.717, 1.165) is 13.0 Å². The molecule has 156 valence electrons. The minimum absolute atomic E-state index is 1.02. The summed E-state index contributed by atoms with van der Waals surface area (Å²) in [6, 6.07) is 10.8. The summed E-state index contributed by atoms with van der Waals surface area (Å²) in [5.74, 6) is 1.41. The molecule has 1 aromatic carbocycles. The van der Waals surface area contributed by atoms with Crippen LogP contribution in [0.1, 0.15) is 102 Å². The topological polar surface area (TPSA) is 8.81 Å². The maximum Gasteiger partial charge on any atom is 0.260 e. The van der Waals surface area contributed by atoms with E-state index in [9.17, 15) is 0 Å². The minimum Gasteiger partial charge on any atom is -0.237 e. The molecule has 1 aromatic heterocycles. The van der Waals surface area contributed by atoms with Gasteiger partial charge in [0.2, 0.25) is 0 Å². The maximum absolute atomic E-state index is 2.45. The van der Waals surface area contributed by atoms with Gasteiger partial charge in [-0.25, -0.2) is 9.13 Å². The number of aromatic nitrogens is 2. The average Bonchev–Trinajstić information content (AvgIpc) is 3.06. The van der Waals surface area contributed by atoms with Crippen molar-refractivity contribution in [2.45, 2.75) is 103 Å². The van der Waals surface area contributed by atoms with E-state index < -0.39 is 0 Å². The summed E-state index contributed by atoms with van der Waals surface area (Å²) in [4.78, 5) is 0. The van der Waals surface area contributed by atoms with Crippen molar-refractivity contribution >= 4 is 0 Å². The van der Waals surface area contributed by atoms with Crippen LogP contribution in [0, 0.1) is 0 Å². The molecular formula is C26H43N2+. The van der Waals surface area contributed by atoms with Crippen LogP contribution in [0.25, 0.3) is 0 Å². The van der Waals surface area contributed by atoms with E-state index in [1.807, 2.05) is 0 Å². The molecule has 2 nitrogen and oxygen atoms in total. The molecule has 0 radical (unpaired) electrons. The van der Waals surface area contributed by atoms with Gasteiger partial charge in [0, 0.05) is 0 Å². The summed E-state index contributed by atoms with van der Waals surface area (Å²) in [5.41, 5.74) is 1.39.